The van der Waals surface area contributed by atoms with Gasteiger partial charge >= 0.3 is 0 Å². The van der Waals surface area contributed by atoms with Crippen molar-refractivity contribution >= 4 is 10.9 Å². The second-order valence-electron chi connectivity index (χ2n) is 3.10. The summed E-state index contributed by atoms with van der Waals surface area (Å²) < 4.78 is 1.07. The van der Waals surface area contributed by atoms with Crippen LogP contribution in [0.25, 0.3) is 10.9 Å². The molecule has 0 saturated heterocycles. The number of hydrogen-bond acceptors (Lipinski definition) is 3. The zero-order valence-electron chi connectivity index (χ0n) is 7.68. The summed E-state index contributed by atoms with van der Waals surface area (Å²) in [4.78, 5) is 0. The number of benzene rings is 1. The van der Waals surface area contributed by atoms with E-state index in [0.717, 1.165) is 4.73 Å². The van der Waals surface area contributed by atoms with Crippen molar-refractivity contribution in [3.8, 4) is 0 Å². The van der Waals surface area contributed by atoms with Crippen LogP contribution in [0.2, 0.25) is 0 Å². The first-order valence-corrected chi connectivity index (χ1v) is 4.23. The van der Waals surface area contributed by atoms with Crippen LogP contribution in [0.15, 0.2) is 35.5 Å². The van der Waals surface area contributed by atoms with E-state index >= 15 is 0 Å². The van der Waals surface area contributed by atoms with Crippen LogP contribution in [0.4, 0.5) is 0 Å². The Morgan fingerprint density at radius 1 is 1.29 bits per heavy atom. The molecule has 4 nitrogen and oxygen atoms in total. The van der Waals surface area contributed by atoms with Crippen LogP contribution in [-0.4, -0.2) is 15.1 Å². The van der Waals surface area contributed by atoms with Gasteiger partial charge in [-0.15, -0.1) is 0 Å². The van der Waals surface area contributed by atoms with Gasteiger partial charge in [0.05, 0.1) is 11.2 Å². The fourth-order valence-corrected chi connectivity index (χ4v) is 1.48. The maximum atomic E-state index is 9.67. The first-order chi connectivity index (χ1) is 6.74. The molecule has 14 heavy (non-hydrogen) atoms. The summed E-state index contributed by atoms with van der Waals surface area (Å²) in [6.07, 6.45) is 0. The third-order valence-corrected chi connectivity index (χ3v) is 2.20. The van der Waals surface area contributed by atoms with Gasteiger partial charge in [-0.3, -0.25) is 0 Å². The van der Waals surface area contributed by atoms with E-state index in [1.807, 2.05) is 12.1 Å². The van der Waals surface area contributed by atoms with E-state index in [-0.39, 0.29) is 0 Å². The number of aryl methyl sites for hydroxylation is 1. The maximum Gasteiger partial charge on any atom is 0.113 e. The minimum atomic E-state index is 0.461. The highest BCUT2D eigenvalue weighted by Crippen LogP contribution is 2.09. The van der Waals surface area contributed by atoms with E-state index in [2.05, 4.69) is 5.16 Å². The van der Waals surface area contributed by atoms with Gasteiger partial charge in [-0.05, 0) is 19.1 Å². The molecule has 0 radical (unpaired) electrons. The summed E-state index contributed by atoms with van der Waals surface area (Å²) in [5.74, 6) is 0. The standard InChI is InChI=1S/C10H10N2O2/c1-7-6-9(11-13)8-4-2-3-5-10(8)12(7)14/h2-6,13-14H,1H3. The lowest BCUT2D eigenvalue weighted by Crippen LogP contribution is -2.11. The molecule has 72 valence electrons. The van der Waals surface area contributed by atoms with Crippen LogP contribution in [0.5, 0.6) is 0 Å². The molecule has 0 spiro atoms. The summed E-state index contributed by atoms with van der Waals surface area (Å²) in [7, 11) is 0. The fraction of sp³-hybridized carbons (Fsp3) is 0.100. The monoisotopic (exact) mass is 190 g/mol. The van der Waals surface area contributed by atoms with Gasteiger partial charge in [0.25, 0.3) is 0 Å². The zero-order chi connectivity index (χ0) is 10.1. The second-order valence-corrected chi connectivity index (χ2v) is 3.10. The molecule has 0 amide bonds. The first-order valence-electron chi connectivity index (χ1n) is 4.23. The molecular weight excluding hydrogens is 180 g/mol. The van der Waals surface area contributed by atoms with Crippen molar-refractivity contribution in [2.45, 2.75) is 6.92 Å². The van der Waals surface area contributed by atoms with Gasteiger partial charge in [0.2, 0.25) is 0 Å². The number of fused-ring (bicyclic) bond motifs is 1. The number of aromatic nitrogens is 1. The molecule has 2 rings (SSSR count). The summed E-state index contributed by atoms with van der Waals surface area (Å²) in [6, 6.07) is 8.80. The molecule has 1 heterocycles. The zero-order valence-corrected chi connectivity index (χ0v) is 7.68. The van der Waals surface area contributed by atoms with Gasteiger partial charge in [-0.2, -0.15) is 4.73 Å². The highest BCUT2D eigenvalue weighted by molar-refractivity contribution is 5.78. The van der Waals surface area contributed by atoms with E-state index in [1.165, 1.54) is 0 Å². The molecule has 4 heteroatoms. The van der Waals surface area contributed by atoms with Crippen molar-refractivity contribution in [3.05, 3.63) is 41.4 Å². The minimum absolute atomic E-state index is 0.461. The Hall–Kier alpha value is -1.97. The quantitative estimate of drug-likeness (QED) is 0.375. The van der Waals surface area contributed by atoms with E-state index in [9.17, 15) is 5.21 Å². The molecule has 0 fully saturated rings. The molecule has 0 atom stereocenters. The molecule has 0 aliphatic rings. The number of rotatable bonds is 0. The predicted molar refractivity (Wildman–Crippen MR) is 51.2 cm³/mol. The van der Waals surface area contributed by atoms with Crippen LogP contribution in [-0.2, 0) is 0 Å². The number of pyridine rings is 1. The summed E-state index contributed by atoms with van der Waals surface area (Å²) >= 11 is 0. The van der Waals surface area contributed by atoms with E-state index < -0.39 is 0 Å². The Morgan fingerprint density at radius 3 is 2.71 bits per heavy atom. The molecule has 0 unspecified atom stereocenters. The van der Waals surface area contributed by atoms with Crippen molar-refractivity contribution in [3.63, 3.8) is 0 Å². The Kier molecular flexibility index (Phi) is 1.89. The van der Waals surface area contributed by atoms with Crippen molar-refractivity contribution in [1.82, 2.24) is 4.73 Å². The van der Waals surface area contributed by atoms with Gasteiger partial charge in [0.15, 0.2) is 0 Å². The van der Waals surface area contributed by atoms with Crippen LogP contribution in [0.1, 0.15) is 5.69 Å². The van der Waals surface area contributed by atoms with Crippen molar-refractivity contribution in [2.75, 3.05) is 0 Å². The minimum Gasteiger partial charge on any atom is -0.428 e. The van der Waals surface area contributed by atoms with Crippen molar-refractivity contribution in [2.24, 2.45) is 5.16 Å². The Bertz CT molecular complexity index is 543. The van der Waals surface area contributed by atoms with Gasteiger partial charge in [0, 0.05) is 5.39 Å². The number of hydrogen-bond donors (Lipinski definition) is 2. The Balaban J connectivity index is 3.05. The molecule has 2 aromatic rings. The third kappa shape index (κ3) is 1.12. The molecule has 1 aromatic carbocycles. The Morgan fingerprint density at radius 2 is 2.00 bits per heavy atom. The molecule has 0 aliphatic carbocycles. The van der Waals surface area contributed by atoms with E-state index in [0.29, 0.717) is 22.0 Å². The van der Waals surface area contributed by atoms with Gasteiger partial charge < -0.3 is 10.4 Å². The van der Waals surface area contributed by atoms with Crippen LogP contribution < -0.4 is 5.36 Å². The molecule has 2 N–H and O–H groups in total. The van der Waals surface area contributed by atoms with Gasteiger partial charge in [-0.25, -0.2) is 0 Å². The van der Waals surface area contributed by atoms with Crippen molar-refractivity contribution in [1.29, 1.82) is 0 Å². The summed E-state index contributed by atoms with van der Waals surface area (Å²) in [5, 5.41) is 22.8. The van der Waals surface area contributed by atoms with Crippen LogP contribution >= 0.6 is 0 Å². The van der Waals surface area contributed by atoms with Gasteiger partial charge in [0.1, 0.15) is 5.36 Å². The summed E-state index contributed by atoms with van der Waals surface area (Å²) in [5.41, 5.74) is 1.25. The topological polar surface area (TPSA) is 57.8 Å². The van der Waals surface area contributed by atoms with Crippen molar-refractivity contribution < 1.29 is 10.4 Å². The Labute approximate surface area is 80.3 Å². The molecule has 0 aliphatic heterocycles. The fourth-order valence-electron chi connectivity index (χ4n) is 1.48. The lowest BCUT2D eigenvalue weighted by Gasteiger charge is -2.06. The summed E-state index contributed by atoms with van der Waals surface area (Å²) in [6.45, 7) is 1.74. The first kappa shape index (κ1) is 8.62. The third-order valence-electron chi connectivity index (χ3n) is 2.20. The number of para-hydroxylation sites is 1. The average Bonchev–Trinajstić information content (AvgIpc) is 2.23. The van der Waals surface area contributed by atoms with Crippen LogP contribution in [0, 0.1) is 6.92 Å². The highest BCUT2D eigenvalue weighted by atomic mass is 16.5. The largest absolute Gasteiger partial charge is 0.428 e. The highest BCUT2D eigenvalue weighted by Gasteiger charge is 2.02. The predicted octanol–water partition coefficient (Wildman–Crippen LogP) is 1.48. The van der Waals surface area contributed by atoms with E-state index in [4.69, 9.17) is 5.21 Å². The van der Waals surface area contributed by atoms with Gasteiger partial charge in [-0.1, -0.05) is 23.4 Å². The van der Waals surface area contributed by atoms with Crippen LogP contribution in [0.3, 0.4) is 0 Å². The molecule has 0 bridgehead atoms. The smallest absolute Gasteiger partial charge is 0.113 e. The second kappa shape index (κ2) is 3.06. The molecule has 1 aromatic heterocycles. The van der Waals surface area contributed by atoms with E-state index in [1.54, 1.807) is 25.1 Å². The lowest BCUT2D eigenvalue weighted by atomic mass is 10.2. The molecular formula is C10H10N2O2. The SMILES string of the molecule is Cc1cc(=NO)c2ccccc2n1O. The lowest BCUT2D eigenvalue weighted by molar-refractivity contribution is 0.191. The molecule has 0 saturated carbocycles. The normalized spacial score (nSPS) is 12.2. The number of nitrogens with zero attached hydrogens (tertiary/aromatic N) is 2. The maximum absolute atomic E-state index is 9.67. The average molecular weight is 190 g/mol.